The Morgan fingerprint density at radius 1 is 1.28 bits per heavy atom. The van der Waals surface area contributed by atoms with Crippen LogP contribution in [0.4, 0.5) is 4.39 Å². The van der Waals surface area contributed by atoms with Gasteiger partial charge in [-0.3, -0.25) is 0 Å². The predicted octanol–water partition coefficient (Wildman–Crippen LogP) is 2.44. The van der Waals surface area contributed by atoms with Crippen LogP contribution in [-0.2, 0) is 5.41 Å². The molecule has 2 rings (SSSR count). The third kappa shape index (κ3) is 3.30. The van der Waals surface area contributed by atoms with Gasteiger partial charge in [0.05, 0.1) is 0 Å². The van der Waals surface area contributed by atoms with E-state index in [1.807, 2.05) is 12.1 Å². The summed E-state index contributed by atoms with van der Waals surface area (Å²) in [6.45, 7) is 7.17. The first kappa shape index (κ1) is 13.5. The first-order chi connectivity index (χ1) is 8.59. The van der Waals surface area contributed by atoms with Crippen molar-refractivity contribution in [2.75, 3.05) is 19.6 Å². The zero-order chi connectivity index (χ0) is 13.0. The maximum absolute atomic E-state index is 13.8. The number of benzene rings is 1. The molecule has 0 aromatic heterocycles. The third-order valence-corrected chi connectivity index (χ3v) is 3.77. The molecule has 0 atom stereocenters. The molecule has 0 amide bonds. The molecule has 0 aliphatic carbocycles. The summed E-state index contributed by atoms with van der Waals surface area (Å²) >= 11 is 0. The van der Waals surface area contributed by atoms with E-state index in [9.17, 15) is 4.39 Å². The van der Waals surface area contributed by atoms with Crippen LogP contribution in [-0.4, -0.2) is 25.7 Å². The molecule has 0 spiro atoms. The molecule has 1 aliphatic heterocycles. The van der Waals surface area contributed by atoms with Crippen molar-refractivity contribution < 1.29 is 4.39 Å². The van der Waals surface area contributed by atoms with E-state index in [1.165, 1.54) is 0 Å². The Labute approximate surface area is 109 Å². The van der Waals surface area contributed by atoms with Crippen molar-refractivity contribution in [2.24, 2.45) is 0 Å². The maximum Gasteiger partial charge on any atom is 0.126 e. The minimum atomic E-state index is -0.170. The normalized spacial score (nSPS) is 17.9. The fourth-order valence-electron chi connectivity index (χ4n) is 2.53. The summed E-state index contributed by atoms with van der Waals surface area (Å²) in [5.41, 5.74) is 0.627. The first-order valence-corrected chi connectivity index (χ1v) is 6.79. The molecule has 2 nitrogen and oxygen atoms in total. The van der Waals surface area contributed by atoms with E-state index in [1.54, 1.807) is 12.1 Å². The van der Waals surface area contributed by atoms with Crippen LogP contribution >= 0.6 is 0 Å². The summed E-state index contributed by atoms with van der Waals surface area (Å²) in [4.78, 5) is 0. The van der Waals surface area contributed by atoms with Gasteiger partial charge in [-0.05, 0) is 37.6 Å². The molecular weight excluding hydrogens is 227 g/mol. The Balaban J connectivity index is 1.96. The molecule has 1 fully saturated rings. The molecule has 0 unspecified atom stereocenters. The number of nitrogens with one attached hydrogen (secondary N) is 2. The van der Waals surface area contributed by atoms with E-state index in [2.05, 4.69) is 24.5 Å². The Morgan fingerprint density at radius 3 is 2.61 bits per heavy atom. The highest BCUT2D eigenvalue weighted by Crippen LogP contribution is 2.25. The van der Waals surface area contributed by atoms with Gasteiger partial charge < -0.3 is 10.6 Å². The van der Waals surface area contributed by atoms with Crippen LogP contribution in [0, 0.1) is 5.82 Å². The average Bonchev–Trinajstić information content (AvgIpc) is 2.38. The average molecular weight is 250 g/mol. The van der Waals surface area contributed by atoms with Crippen LogP contribution in [0.5, 0.6) is 0 Å². The highest BCUT2D eigenvalue weighted by atomic mass is 19.1. The van der Waals surface area contributed by atoms with Gasteiger partial charge in [0.25, 0.3) is 0 Å². The number of hydrogen-bond acceptors (Lipinski definition) is 2. The molecule has 2 N–H and O–H groups in total. The molecule has 18 heavy (non-hydrogen) atoms. The molecule has 1 aromatic rings. The van der Waals surface area contributed by atoms with E-state index in [0.717, 1.165) is 38.0 Å². The molecule has 100 valence electrons. The van der Waals surface area contributed by atoms with Gasteiger partial charge in [0.15, 0.2) is 0 Å². The predicted molar refractivity (Wildman–Crippen MR) is 73.3 cm³/mol. The molecule has 0 radical (unpaired) electrons. The van der Waals surface area contributed by atoms with Gasteiger partial charge in [-0.15, -0.1) is 0 Å². The van der Waals surface area contributed by atoms with Crippen molar-refractivity contribution in [3.8, 4) is 0 Å². The van der Waals surface area contributed by atoms with E-state index >= 15 is 0 Å². The first-order valence-electron chi connectivity index (χ1n) is 6.79. The smallest absolute Gasteiger partial charge is 0.126 e. The standard InChI is InChI=1S/C15H23FN2/c1-15(2,13-5-3-4-6-14(13)16)11-18-12-7-9-17-10-8-12/h3-6,12,17-18H,7-11H2,1-2H3. The number of hydrogen-bond donors (Lipinski definition) is 2. The third-order valence-electron chi connectivity index (χ3n) is 3.77. The van der Waals surface area contributed by atoms with Gasteiger partial charge in [-0.2, -0.15) is 0 Å². The zero-order valence-electron chi connectivity index (χ0n) is 11.3. The van der Waals surface area contributed by atoms with E-state index < -0.39 is 0 Å². The summed E-state index contributed by atoms with van der Waals surface area (Å²) in [6.07, 6.45) is 2.32. The van der Waals surface area contributed by atoms with Gasteiger partial charge in [-0.1, -0.05) is 32.0 Å². The van der Waals surface area contributed by atoms with Gasteiger partial charge in [0, 0.05) is 18.0 Å². The summed E-state index contributed by atoms with van der Waals surface area (Å²) in [5.74, 6) is -0.102. The Bertz CT molecular complexity index is 384. The highest BCUT2D eigenvalue weighted by molar-refractivity contribution is 5.25. The monoisotopic (exact) mass is 250 g/mol. The second kappa shape index (κ2) is 5.81. The molecule has 0 saturated carbocycles. The van der Waals surface area contributed by atoms with Crippen LogP contribution < -0.4 is 10.6 Å². The van der Waals surface area contributed by atoms with E-state index in [4.69, 9.17) is 0 Å². The molecule has 0 bridgehead atoms. The number of rotatable bonds is 4. The van der Waals surface area contributed by atoms with Crippen molar-refractivity contribution in [2.45, 2.75) is 38.1 Å². The van der Waals surface area contributed by atoms with Crippen LogP contribution in [0.15, 0.2) is 24.3 Å². The lowest BCUT2D eigenvalue weighted by atomic mass is 9.84. The largest absolute Gasteiger partial charge is 0.317 e. The van der Waals surface area contributed by atoms with Crippen LogP contribution in [0.3, 0.4) is 0 Å². The highest BCUT2D eigenvalue weighted by Gasteiger charge is 2.25. The minimum absolute atomic E-state index is 0.102. The Hall–Kier alpha value is -0.930. The molecular formula is C15H23FN2. The Kier molecular flexibility index (Phi) is 4.36. The van der Waals surface area contributed by atoms with Crippen molar-refractivity contribution in [3.63, 3.8) is 0 Å². The van der Waals surface area contributed by atoms with Crippen molar-refractivity contribution in [3.05, 3.63) is 35.6 Å². The maximum atomic E-state index is 13.8. The summed E-state index contributed by atoms with van der Waals surface area (Å²) in [5, 5.41) is 6.93. The second-order valence-corrected chi connectivity index (χ2v) is 5.77. The van der Waals surface area contributed by atoms with Crippen molar-refractivity contribution >= 4 is 0 Å². The summed E-state index contributed by atoms with van der Waals surface area (Å²) in [7, 11) is 0. The summed E-state index contributed by atoms with van der Waals surface area (Å²) in [6, 6.07) is 7.65. The molecule has 3 heteroatoms. The SMILES string of the molecule is CC(C)(CNC1CCNCC1)c1ccccc1F. The van der Waals surface area contributed by atoms with E-state index in [0.29, 0.717) is 6.04 Å². The molecule has 1 heterocycles. The quantitative estimate of drug-likeness (QED) is 0.857. The molecule has 1 aromatic carbocycles. The van der Waals surface area contributed by atoms with Gasteiger partial charge >= 0.3 is 0 Å². The fraction of sp³-hybridized carbons (Fsp3) is 0.600. The molecule has 1 saturated heterocycles. The van der Waals surface area contributed by atoms with E-state index in [-0.39, 0.29) is 11.2 Å². The summed E-state index contributed by atoms with van der Waals surface area (Å²) < 4.78 is 13.8. The Morgan fingerprint density at radius 2 is 1.94 bits per heavy atom. The van der Waals surface area contributed by atoms with Crippen LogP contribution in [0.2, 0.25) is 0 Å². The number of halogens is 1. The fourth-order valence-corrected chi connectivity index (χ4v) is 2.53. The lowest BCUT2D eigenvalue weighted by molar-refractivity contribution is 0.347. The van der Waals surface area contributed by atoms with Crippen LogP contribution in [0.25, 0.3) is 0 Å². The molecule has 1 aliphatic rings. The number of piperidine rings is 1. The van der Waals surface area contributed by atoms with Crippen molar-refractivity contribution in [1.82, 2.24) is 10.6 Å². The van der Waals surface area contributed by atoms with Crippen LogP contribution in [0.1, 0.15) is 32.3 Å². The van der Waals surface area contributed by atoms with Gasteiger partial charge in [0.2, 0.25) is 0 Å². The lowest BCUT2D eigenvalue weighted by Gasteiger charge is -2.31. The topological polar surface area (TPSA) is 24.1 Å². The zero-order valence-corrected chi connectivity index (χ0v) is 11.3. The minimum Gasteiger partial charge on any atom is -0.317 e. The van der Waals surface area contributed by atoms with Gasteiger partial charge in [0.1, 0.15) is 5.82 Å². The lowest BCUT2D eigenvalue weighted by Crippen LogP contribution is -2.44. The van der Waals surface area contributed by atoms with Crippen molar-refractivity contribution in [1.29, 1.82) is 0 Å². The van der Waals surface area contributed by atoms with Gasteiger partial charge in [-0.25, -0.2) is 4.39 Å². The second-order valence-electron chi connectivity index (χ2n) is 5.77.